The lowest BCUT2D eigenvalue weighted by Crippen LogP contribution is -2.25. The Kier molecular flexibility index (Phi) is 4.87. The summed E-state index contributed by atoms with van der Waals surface area (Å²) in [6.45, 7) is 8.93. The van der Waals surface area contributed by atoms with E-state index in [2.05, 4.69) is 63.0 Å². The molecule has 1 fully saturated rings. The molecule has 20 heavy (non-hydrogen) atoms. The van der Waals surface area contributed by atoms with Crippen molar-refractivity contribution < 1.29 is 4.43 Å². The minimum absolute atomic E-state index is 1.14. The first-order valence-electron chi connectivity index (χ1n) is 7.64. The van der Waals surface area contributed by atoms with Gasteiger partial charge in [-0.15, -0.1) is 0 Å². The fraction of sp³-hybridized carbons (Fsp3) is 0.444. The zero-order valence-electron chi connectivity index (χ0n) is 13.2. The number of benzene rings is 1. The summed E-state index contributed by atoms with van der Waals surface area (Å²) < 4.78 is 6.47. The molecular weight excluding hydrogens is 260 g/mol. The van der Waals surface area contributed by atoms with Gasteiger partial charge in [0.15, 0.2) is 0 Å². The summed E-state index contributed by atoms with van der Waals surface area (Å²) in [5.41, 5.74) is 4.15. The maximum atomic E-state index is 6.47. The van der Waals surface area contributed by atoms with E-state index in [0.717, 1.165) is 12.2 Å². The quantitative estimate of drug-likeness (QED) is 0.506. The van der Waals surface area contributed by atoms with Crippen LogP contribution in [-0.2, 0) is 4.43 Å². The summed E-state index contributed by atoms with van der Waals surface area (Å²) in [7, 11) is -1.61. The maximum absolute atomic E-state index is 6.47. The molecule has 1 aromatic carbocycles. The lowest BCUT2D eigenvalue weighted by Gasteiger charge is -2.28. The van der Waals surface area contributed by atoms with Crippen LogP contribution in [-0.4, -0.2) is 8.32 Å². The second kappa shape index (κ2) is 6.44. The van der Waals surface area contributed by atoms with Crippen LogP contribution in [0.15, 0.2) is 47.6 Å². The van der Waals surface area contributed by atoms with Crippen molar-refractivity contribution in [2.45, 2.75) is 52.2 Å². The van der Waals surface area contributed by atoms with E-state index in [-0.39, 0.29) is 0 Å². The predicted molar refractivity (Wildman–Crippen MR) is 90.0 cm³/mol. The van der Waals surface area contributed by atoms with Crippen LogP contribution in [0, 0.1) is 0 Å². The predicted octanol–water partition coefficient (Wildman–Crippen LogP) is 5.77. The Balaban J connectivity index is 2.50. The molecule has 0 bridgehead atoms. The summed E-state index contributed by atoms with van der Waals surface area (Å²) in [5, 5.41) is 0. The molecule has 0 aliphatic heterocycles. The van der Waals surface area contributed by atoms with Gasteiger partial charge in [0, 0.05) is 5.56 Å². The van der Waals surface area contributed by atoms with Gasteiger partial charge < -0.3 is 4.43 Å². The van der Waals surface area contributed by atoms with Gasteiger partial charge in [-0.1, -0.05) is 36.4 Å². The molecule has 0 saturated heterocycles. The lowest BCUT2D eigenvalue weighted by atomic mass is 9.87. The highest BCUT2D eigenvalue weighted by molar-refractivity contribution is 6.70. The van der Waals surface area contributed by atoms with Gasteiger partial charge in [-0.25, -0.2) is 0 Å². The topological polar surface area (TPSA) is 9.23 Å². The molecule has 1 nitrogen and oxygen atoms in total. The fourth-order valence-corrected chi connectivity index (χ4v) is 3.55. The van der Waals surface area contributed by atoms with Crippen molar-refractivity contribution in [1.82, 2.24) is 0 Å². The number of rotatable bonds is 3. The summed E-state index contributed by atoms with van der Waals surface area (Å²) in [6, 6.07) is 10.6. The summed E-state index contributed by atoms with van der Waals surface area (Å²) in [5.74, 6) is 1.14. The van der Waals surface area contributed by atoms with E-state index in [0.29, 0.717) is 0 Å². The Morgan fingerprint density at radius 1 is 1.05 bits per heavy atom. The normalized spacial score (nSPS) is 20.9. The Bertz CT molecular complexity index is 506. The second-order valence-corrected chi connectivity index (χ2v) is 10.8. The second-order valence-electron chi connectivity index (χ2n) is 6.41. The Morgan fingerprint density at radius 3 is 2.30 bits per heavy atom. The molecule has 1 aliphatic rings. The van der Waals surface area contributed by atoms with E-state index in [1.54, 1.807) is 0 Å². The van der Waals surface area contributed by atoms with E-state index in [4.69, 9.17) is 4.43 Å². The molecule has 108 valence electrons. The first-order chi connectivity index (χ1) is 9.51. The average Bonchev–Trinajstić information content (AvgIpc) is 2.45. The molecular formula is C18H26OSi. The number of allylic oxidation sites excluding steroid dienone is 3. The zero-order chi connectivity index (χ0) is 14.6. The third-order valence-electron chi connectivity index (χ3n) is 3.58. The third kappa shape index (κ3) is 3.86. The molecule has 0 spiro atoms. The van der Waals surface area contributed by atoms with Crippen molar-refractivity contribution in [3.05, 3.63) is 53.1 Å². The van der Waals surface area contributed by atoms with Crippen LogP contribution < -0.4 is 0 Å². The summed E-state index contributed by atoms with van der Waals surface area (Å²) in [6.07, 6.45) is 7.19. The van der Waals surface area contributed by atoms with Gasteiger partial charge in [0.05, 0.1) is 0 Å². The van der Waals surface area contributed by atoms with Crippen LogP contribution >= 0.6 is 0 Å². The van der Waals surface area contributed by atoms with Crippen molar-refractivity contribution >= 4 is 14.1 Å². The van der Waals surface area contributed by atoms with Crippen LogP contribution in [0.5, 0.6) is 0 Å². The van der Waals surface area contributed by atoms with Crippen molar-refractivity contribution in [3.8, 4) is 0 Å². The molecule has 0 heterocycles. The van der Waals surface area contributed by atoms with Crippen LogP contribution in [0.3, 0.4) is 0 Å². The van der Waals surface area contributed by atoms with Crippen LogP contribution in [0.4, 0.5) is 0 Å². The van der Waals surface area contributed by atoms with E-state index in [9.17, 15) is 0 Å². The summed E-state index contributed by atoms with van der Waals surface area (Å²) >= 11 is 0. The molecule has 2 rings (SSSR count). The van der Waals surface area contributed by atoms with Crippen molar-refractivity contribution in [3.63, 3.8) is 0 Å². The molecule has 0 atom stereocenters. The monoisotopic (exact) mass is 286 g/mol. The van der Waals surface area contributed by atoms with Crippen molar-refractivity contribution in [2.75, 3.05) is 0 Å². The van der Waals surface area contributed by atoms with Crippen LogP contribution in [0.2, 0.25) is 19.6 Å². The fourth-order valence-electron chi connectivity index (χ4n) is 2.70. The first kappa shape index (κ1) is 15.1. The van der Waals surface area contributed by atoms with Crippen molar-refractivity contribution in [2.24, 2.45) is 0 Å². The molecule has 0 radical (unpaired) electrons. The number of hydrogen-bond donors (Lipinski definition) is 0. The van der Waals surface area contributed by atoms with E-state index < -0.39 is 8.32 Å². The average molecular weight is 286 g/mol. The molecule has 0 aromatic heterocycles. The third-order valence-corrected chi connectivity index (χ3v) is 4.39. The standard InChI is InChI=1S/C18H26OSi/c1-5-15-11-9-10-14-17(15)18(19-20(2,3)4)16-12-7-6-8-13-16/h5-8,12-13H,9-11,14H2,1-4H3/b15-5+,18-17+. The minimum Gasteiger partial charge on any atom is -0.544 e. The smallest absolute Gasteiger partial charge is 0.242 e. The van der Waals surface area contributed by atoms with E-state index in [1.807, 2.05) is 0 Å². The highest BCUT2D eigenvalue weighted by Gasteiger charge is 2.23. The molecule has 2 heteroatoms. The van der Waals surface area contributed by atoms with Crippen LogP contribution in [0.1, 0.15) is 38.2 Å². The number of hydrogen-bond acceptors (Lipinski definition) is 1. The molecule has 0 amide bonds. The van der Waals surface area contributed by atoms with Gasteiger partial charge in [0.25, 0.3) is 0 Å². The van der Waals surface area contributed by atoms with Gasteiger partial charge in [-0.05, 0) is 63.4 Å². The molecule has 0 unspecified atom stereocenters. The Labute approximate surface area is 124 Å². The highest BCUT2D eigenvalue weighted by atomic mass is 28.4. The van der Waals surface area contributed by atoms with Gasteiger partial charge in [-0.3, -0.25) is 0 Å². The SMILES string of the molecule is C/C=C1\CCCC\C1=C(/O[Si](C)(C)C)c1ccccc1. The zero-order valence-corrected chi connectivity index (χ0v) is 14.2. The van der Waals surface area contributed by atoms with Crippen molar-refractivity contribution in [1.29, 1.82) is 0 Å². The van der Waals surface area contributed by atoms with E-state index in [1.165, 1.54) is 36.0 Å². The molecule has 1 aliphatic carbocycles. The molecule has 1 saturated carbocycles. The highest BCUT2D eigenvalue weighted by Crippen LogP contribution is 2.36. The molecule has 1 aromatic rings. The first-order valence-corrected chi connectivity index (χ1v) is 11.1. The maximum Gasteiger partial charge on any atom is 0.242 e. The summed E-state index contributed by atoms with van der Waals surface area (Å²) in [4.78, 5) is 0. The van der Waals surface area contributed by atoms with E-state index >= 15 is 0 Å². The lowest BCUT2D eigenvalue weighted by molar-refractivity contribution is 0.502. The Hall–Kier alpha value is -1.28. The van der Waals surface area contributed by atoms with Gasteiger partial charge in [0.1, 0.15) is 5.76 Å². The minimum atomic E-state index is -1.61. The van der Waals surface area contributed by atoms with Gasteiger partial charge >= 0.3 is 0 Å². The van der Waals surface area contributed by atoms with Gasteiger partial charge in [-0.2, -0.15) is 0 Å². The molecule has 0 N–H and O–H groups in total. The largest absolute Gasteiger partial charge is 0.544 e. The van der Waals surface area contributed by atoms with Gasteiger partial charge in [0.2, 0.25) is 8.32 Å². The Morgan fingerprint density at radius 2 is 1.70 bits per heavy atom. The van der Waals surface area contributed by atoms with Crippen LogP contribution in [0.25, 0.3) is 5.76 Å².